The van der Waals surface area contributed by atoms with Gasteiger partial charge in [0.05, 0.1) is 22.4 Å². The van der Waals surface area contributed by atoms with E-state index < -0.39 is 11.6 Å². The van der Waals surface area contributed by atoms with Crippen LogP contribution in [0.2, 0.25) is 5.02 Å². The molecule has 4 aromatic rings. The number of ether oxygens (including phenoxy) is 1. The molecule has 3 fully saturated rings. The van der Waals surface area contributed by atoms with Crippen molar-refractivity contribution in [1.29, 1.82) is 5.26 Å². The van der Waals surface area contributed by atoms with E-state index in [4.69, 9.17) is 27.9 Å². The number of nitrogen functional groups attached to an aromatic ring is 1. The number of hydrazine groups is 1. The highest BCUT2D eigenvalue weighted by molar-refractivity contribution is 7.23. The highest BCUT2D eigenvalue weighted by Gasteiger charge is 2.34. The van der Waals surface area contributed by atoms with E-state index >= 15 is 4.39 Å². The van der Waals surface area contributed by atoms with Crippen LogP contribution >= 0.6 is 22.9 Å². The lowest BCUT2D eigenvalue weighted by atomic mass is 9.97. The lowest BCUT2D eigenvalue weighted by Gasteiger charge is -2.34. The summed E-state index contributed by atoms with van der Waals surface area (Å²) in [6.45, 7) is 4.70. The number of fused-ring (bicyclic) bond motifs is 4. The van der Waals surface area contributed by atoms with Gasteiger partial charge < -0.3 is 20.7 Å². The molecule has 42 heavy (non-hydrogen) atoms. The third-order valence-electron chi connectivity index (χ3n) is 8.34. The number of hydrogen-bond acceptors (Lipinski definition) is 10. The van der Waals surface area contributed by atoms with Gasteiger partial charge in [-0.15, -0.1) is 11.3 Å². The zero-order chi connectivity index (χ0) is 29.7. The number of methoxy groups -OCH3 is 1. The average molecular weight is 613 g/mol. The van der Waals surface area contributed by atoms with Crippen molar-refractivity contribution in [1.82, 2.24) is 20.3 Å². The first kappa shape index (κ1) is 28.8. The first-order valence-corrected chi connectivity index (χ1v) is 15.1. The molecule has 0 aliphatic carbocycles. The highest BCUT2D eigenvalue weighted by Crippen LogP contribution is 2.45. The van der Waals surface area contributed by atoms with Gasteiger partial charge in [-0.05, 0) is 50.3 Å². The van der Waals surface area contributed by atoms with E-state index in [2.05, 4.69) is 27.1 Å². The van der Waals surface area contributed by atoms with Gasteiger partial charge in [-0.2, -0.15) is 15.2 Å². The minimum Gasteiger partial charge on any atom is -0.467 e. The first-order valence-electron chi connectivity index (χ1n) is 13.9. The molecular weight excluding hydrogens is 582 g/mol. The summed E-state index contributed by atoms with van der Waals surface area (Å²) in [5.74, 6) is 4.82. The molecular formula is C29H31ClF2N8OS. The molecule has 2 aromatic heterocycles. The molecule has 5 heterocycles. The molecule has 2 aromatic carbocycles. The fourth-order valence-corrected chi connectivity index (χ4v) is 7.42. The number of thiophene rings is 1. The summed E-state index contributed by atoms with van der Waals surface area (Å²) < 4.78 is 36.3. The molecule has 220 valence electrons. The number of rotatable bonds is 3. The Kier molecular flexibility index (Phi) is 7.80. The van der Waals surface area contributed by atoms with Gasteiger partial charge in [-0.3, -0.25) is 5.84 Å². The molecule has 3 unspecified atom stereocenters. The van der Waals surface area contributed by atoms with Gasteiger partial charge in [0.15, 0.2) is 5.82 Å². The van der Waals surface area contributed by atoms with Crippen LogP contribution in [0.1, 0.15) is 38.2 Å². The molecule has 3 aliphatic heterocycles. The maximum atomic E-state index is 16.3. The largest absolute Gasteiger partial charge is 0.467 e. The van der Waals surface area contributed by atoms with E-state index in [0.717, 1.165) is 43.8 Å². The fourth-order valence-electron chi connectivity index (χ4n) is 6.17. The Hall–Kier alpha value is -3.34. The van der Waals surface area contributed by atoms with Gasteiger partial charge in [0.25, 0.3) is 0 Å². The Labute approximate surface area is 251 Å². The molecule has 2 bridgehead atoms. The van der Waals surface area contributed by atoms with Crippen LogP contribution in [0.15, 0.2) is 18.2 Å². The Bertz CT molecular complexity index is 1710. The molecule has 3 aliphatic rings. The van der Waals surface area contributed by atoms with Gasteiger partial charge in [0.1, 0.15) is 28.2 Å². The first-order chi connectivity index (χ1) is 20.2. The summed E-state index contributed by atoms with van der Waals surface area (Å²) in [4.78, 5) is 11.0. The zero-order valence-corrected chi connectivity index (χ0v) is 24.8. The van der Waals surface area contributed by atoms with Crippen molar-refractivity contribution in [2.75, 3.05) is 37.4 Å². The van der Waals surface area contributed by atoms with E-state index in [9.17, 15) is 9.65 Å². The van der Waals surface area contributed by atoms with Crippen LogP contribution in [0, 0.1) is 23.0 Å². The predicted molar refractivity (Wildman–Crippen MR) is 163 cm³/mol. The molecule has 13 heteroatoms. The van der Waals surface area contributed by atoms with Crippen LogP contribution in [0.4, 0.5) is 19.6 Å². The van der Waals surface area contributed by atoms with Crippen LogP contribution in [-0.2, 0) is 0 Å². The van der Waals surface area contributed by atoms with E-state index in [1.54, 1.807) is 6.07 Å². The third-order valence-corrected chi connectivity index (χ3v) is 9.67. The summed E-state index contributed by atoms with van der Waals surface area (Å²) in [6.07, 6.45) is 4.70. The summed E-state index contributed by atoms with van der Waals surface area (Å²) in [5.41, 5.74) is 6.39. The summed E-state index contributed by atoms with van der Waals surface area (Å²) in [5, 5.41) is 16.1. The Morgan fingerprint density at radius 1 is 1.19 bits per heavy atom. The van der Waals surface area contributed by atoms with Crippen LogP contribution < -0.4 is 26.5 Å². The average Bonchev–Trinajstić information content (AvgIpc) is 3.64. The number of aromatic nitrogens is 2. The maximum Gasteiger partial charge on any atom is 0.318 e. The normalized spacial score (nSPS) is 21.9. The summed E-state index contributed by atoms with van der Waals surface area (Å²) in [7, 11) is 1.43. The lowest BCUT2D eigenvalue weighted by molar-refractivity contribution is 0.278. The number of nitrogens with two attached hydrogens (primary N) is 2. The molecule has 0 amide bonds. The SMILES string of the molecule is CC1CCCN1N.COc1nc(N2CC3CCC(C2)N3)c2cc(Cl)c(-c3ccc(F)c4sc(N)c(C#N)c34)c(F)c2n1. The second-order valence-corrected chi connectivity index (χ2v) is 12.5. The van der Waals surface area contributed by atoms with Crippen molar-refractivity contribution in [2.45, 2.75) is 50.7 Å². The highest BCUT2D eigenvalue weighted by atomic mass is 35.5. The van der Waals surface area contributed by atoms with Crippen LogP contribution in [-0.4, -0.2) is 59.8 Å². The Balaban J connectivity index is 0.000000397. The van der Waals surface area contributed by atoms with Gasteiger partial charge >= 0.3 is 6.01 Å². The minimum atomic E-state index is -0.700. The lowest BCUT2D eigenvalue weighted by Crippen LogP contribution is -2.51. The second kappa shape index (κ2) is 11.4. The standard InChI is InChI=1S/C24H19ClF2N6OS.C5H12N2/c1-34-24-31-20-13(23(32-24)33-8-10-2-3-11(9-33)30-10)6-15(25)18(19(20)27)12-4-5-16(26)21-17(12)14(7-28)22(29)35-21;1-5-3-2-4-7(5)6/h4-6,10-11,30H,2-3,8-9,29H2,1H3;5H,2-4,6H2,1H3. The fraction of sp³-hybridized carbons (Fsp3) is 0.414. The topological polar surface area (TPSA) is 129 Å². The summed E-state index contributed by atoms with van der Waals surface area (Å²) >= 11 is 7.62. The van der Waals surface area contributed by atoms with Gasteiger partial charge in [0.2, 0.25) is 0 Å². The van der Waals surface area contributed by atoms with Crippen LogP contribution in [0.5, 0.6) is 6.01 Å². The van der Waals surface area contributed by atoms with Gasteiger partial charge in [0, 0.05) is 54.1 Å². The quantitative estimate of drug-likeness (QED) is 0.268. The molecule has 3 saturated heterocycles. The predicted octanol–water partition coefficient (Wildman–Crippen LogP) is 5.19. The molecule has 0 saturated carbocycles. The number of piperazine rings is 1. The summed E-state index contributed by atoms with van der Waals surface area (Å²) in [6, 6.07) is 7.61. The van der Waals surface area contributed by atoms with E-state index in [-0.39, 0.29) is 48.3 Å². The molecule has 9 nitrogen and oxygen atoms in total. The van der Waals surface area contributed by atoms with Crippen molar-refractivity contribution >= 4 is 54.7 Å². The van der Waals surface area contributed by atoms with Crippen LogP contribution in [0.25, 0.3) is 32.1 Å². The van der Waals surface area contributed by atoms with Gasteiger partial charge in [-0.1, -0.05) is 17.7 Å². The number of hydrogen-bond donors (Lipinski definition) is 3. The smallest absolute Gasteiger partial charge is 0.318 e. The van der Waals surface area contributed by atoms with Crippen molar-refractivity contribution < 1.29 is 13.5 Å². The molecule has 0 radical (unpaired) electrons. The minimum absolute atomic E-state index is 0.0190. The Morgan fingerprint density at radius 2 is 1.93 bits per heavy atom. The number of halogens is 3. The van der Waals surface area contributed by atoms with E-state index in [1.165, 1.54) is 32.1 Å². The molecule has 7 rings (SSSR count). The number of benzene rings is 2. The van der Waals surface area contributed by atoms with E-state index in [0.29, 0.717) is 29.3 Å². The number of anilines is 2. The third kappa shape index (κ3) is 4.99. The Morgan fingerprint density at radius 3 is 2.52 bits per heavy atom. The molecule has 5 N–H and O–H groups in total. The van der Waals surface area contributed by atoms with Crippen molar-refractivity contribution in [2.24, 2.45) is 5.84 Å². The van der Waals surface area contributed by atoms with Gasteiger partial charge in [-0.25, -0.2) is 13.8 Å². The maximum absolute atomic E-state index is 16.3. The van der Waals surface area contributed by atoms with E-state index in [1.807, 2.05) is 11.1 Å². The van der Waals surface area contributed by atoms with Crippen LogP contribution in [0.3, 0.4) is 0 Å². The zero-order valence-electron chi connectivity index (χ0n) is 23.3. The number of nitrogens with zero attached hydrogens (tertiary/aromatic N) is 5. The van der Waals surface area contributed by atoms with Crippen molar-refractivity contribution in [3.05, 3.63) is 40.4 Å². The number of nitrogens with one attached hydrogen (secondary N) is 1. The number of nitriles is 1. The van der Waals surface area contributed by atoms with Crippen molar-refractivity contribution in [3.63, 3.8) is 0 Å². The molecule has 3 atom stereocenters. The van der Waals surface area contributed by atoms with Crippen molar-refractivity contribution in [3.8, 4) is 23.2 Å². The second-order valence-electron chi connectivity index (χ2n) is 11.0. The molecule has 0 spiro atoms. The monoisotopic (exact) mass is 612 g/mol.